The number of aromatic hydroxyl groups is 1. The Bertz CT molecular complexity index is 979. The second-order valence-electron chi connectivity index (χ2n) is 5.72. The molecule has 2 aromatic carbocycles. The van der Waals surface area contributed by atoms with Gasteiger partial charge in [-0.3, -0.25) is 4.79 Å². The summed E-state index contributed by atoms with van der Waals surface area (Å²) in [7, 11) is 0. The fraction of sp³-hybridized carbons (Fsp3) is 0.105. The van der Waals surface area contributed by atoms with Crippen LogP contribution < -0.4 is 9.64 Å². The first-order chi connectivity index (χ1) is 12.6. The predicted octanol–water partition coefficient (Wildman–Crippen LogP) is 3.03. The molecule has 6 nitrogen and oxygen atoms in total. The molecular weight excluding hydrogens is 337 g/mol. The minimum atomic E-state index is -0.770. The molecule has 26 heavy (non-hydrogen) atoms. The van der Waals surface area contributed by atoms with Crippen LogP contribution in [0.3, 0.4) is 0 Å². The number of carbonyl (C=O) groups excluding carboxylic acids is 1. The lowest BCUT2D eigenvalue weighted by Gasteiger charge is -2.19. The van der Waals surface area contributed by atoms with Crippen molar-refractivity contribution in [3.8, 4) is 23.0 Å². The van der Waals surface area contributed by atoms with Crippen LogP contribution in [0.15, 0.2) is 54.7 Å². The third-order valence-corrected chi connectivity index (χ3v) is 4.06. The van der Waals surface area contributed by atoms with Gasteiger partial charge in [0.2, 0.25) is 5.88 Å². The minimum absolute atomic E-state index is 0.159. The van der Waals surface area contributed by atoms with Gasteiger partial charge in [0.05, 0.1) is 6.54 Å². The monoisotopic (exact) mass is 351 g/mol. The number of benzene rings is 2. The SMILES string of the molecule is O=C1c2cnc(-c3ccc(O)c(F)c3)nc2OCCN1c1ccccc1. The molecule has 1 aliphatic rings. The van der Waals surface area contributed by atoms with Crippen molar-refractivity contribution < 1.29 is 19.0 Å². The number of halogens is 1. The summed E-state index contributed by atoms with van der Waals surface area (Å²) in [4.78, 5) is 22.9. The number of hydrogen-bond acceptors (Lipinski definition) is 5. The van der Waals surface area contributed by atoms with Crippen LogP contribution in [0.5, 0.6) is 11.6 Å². The highest BCUT2D eigenvalue weighted by atomic mass is 19.1. The third kappa shape index (κ3) is 2.83. The first kappa shape index (κ1) is 16.0. The van der Waals surface area contributed by atoms with Crippen LogP contribution in [-0.4, -0.2) is 34.1 Å². The molecule has 0 unspecified atom stereocenters. The Hall–Kier alpha value is -3.48. The number of fused-ring (bicyclic) bond motifs is 1. The van der Waals surface area contributed by atoms with Gasteiger partial charge in [-0.25, -0.2) is 9.37 Å². The third-order valence-electron chi connectivity index (χ3n) is 4.06. The van der Waals surface area contributed by atoms with Gasteiger partial charge in [-0.05, 0) is 30.3 Å². The number of phenolic OH excluding ortho intramolecular Hbond substituents is 1. The molecule has 0 atom stereocenters. The molecule has 0 aliphatic carbocycles. The number of para-hydroxylation sites is 1. The van der Waals surface area contributed by atoms with Gasteiger partial charge < -0.3 is 14.7 Å². The van der Waals surface area contributed by atoms with E-state index in [0.29, 0.717) is 12.1 Å². The fourth-order valence-electron chi connectivity index (χ4n) is 2.74. The van der Waals surface area contributed by atoms with Crippen LogP contribution in [0.1, 0.15) is 10.4 Å². The number of anilines is 1. The number of nitrogens with zero attached hydrogens (tertiary/aromatic N) is 3. The minimum Gasteiger partial charge on any atom is -0.505 e. The van der Waals surface area contributed by atoms with E-state index in [9.17, 15) is 14.3 Å². The number of aromatic nitrogens is 2. The molecule has 0 radical (unpaired) electrons. The van der Waals surface area contributed by atoms with Crippen LogP contribution in [0.25, 0.3) is 11.4 Å². The molecule has 4 rings (SSSR count). The smallest absolute Gasteiger partial charge is 0.265 e. The maximum Gasteiger partial charge on any atom is 0.265 e. The number of rotatable bonds is 2. The topological polar surface area (TPSA) is 75.5 Å². The lowest BCUT2D eigenvalue weighted by atomic mass is 10.2. The molecule has 0 spiro atoms. The molecule has 0 saturated heterocycles. The van der Waals surface area contributed by atoms with Gasteiger partial charge in [0.25, 0.3) is 5.91 Å². The van der Waals surface area contributed by atoms with Crippen LogP contribution in [0.2, 0.25) is 0 Å². The van der Waals surface area contributed by atoms with Crippen molar-refractivity contribution in [1.29, 1.82) is 0 Å². The standard InChI is InChI=1S/C19H14FN3O3/c20-15-10-12(6-7-16(15)24)17-21-11-14-18(22-17)26-9-8-23(19(14)25)13-4-2-1-3-5-13/h1-7,10-11,24H,8-9H2. The van der Waals surface area contributed by atoms with Crippen LogP contribution in [0, 0.1) is 5.82 Å². The predicted molar refractivity (Wildman–Crippen MR) is 92.7 cm³/mol. The molecule has 1 aromatic heterocycles. The molecule has 1 N–H and O–H groups in total. The van der Waals surface area contributed by atoms with Gasteiger partial charge in [0.1, 0.15) is 12.2 Å². The summed E-state index contributed by atoms with van der Waals surface area (Å²) < 4.78 is 19.2. The van der Waals surface area contributed by atoms with Gasteiger partial charge in [-0.2, -0.15) is 4.98 Å². The number of amides is 1. The van der Waals surface area contributed by atoms with Crippen molar-refractivity contribution in [2.45, 2.75) is 0 Å². The van der Waals surface area contributed by atoms with Crippen LogP contribution >= 0.6 is 0 Å². The largest absolute Gasteiger partial charge is 0.505 e. The van der Waals surface area contributed by atoms with Gasteiger partial charge in [0, 0.05) is 17.4 Å². The number of phenols is 1. The quantitative estimate of drug-likeness (QED) is 0.768. The van der Waals surface area contributed by atoms with Crippen molar-refractivity contribution in [1.82, 2.24) is 9.97 Å². The Balaban J connectivity index is 1.72. The molecule has 3 aromatic rings. The highest BCUT2D eigenvalue weighted by molar-refractivity contribution is 6.07. The Morgan fingerprint density at radius 2 is 1.96 bits per heavy atom. The molecule has 0 fully saturated rings. The average molecular weight is 351 g/mol. The second kappa shape index (κ2) is 6.44. The molecule has 1 aliphatic heterocycles. The Morgan fingerprint density at radius 3 is 2.73 bits per heavy atom. The molecule has 2 heterocycles. The van der Waals surface area contributed by atoms with Gasteiger partial charge in [-0.15, -0.1) is 0 Å². The number of carbonyl (C=O) groups is 1. The molecule has 1 amide bonds. The highest BCUT2D eigenvalue weighted by Gasteiger charge is 2.26. The van der Waals surface area contributed by atoms with Crippen molar-refractivity contribution in [3.05, 3.63) is 66.1 Å². The lowest BCUT2D eigenvalue weighted by molar-refractivity contribution is 0.0989. The summed E-state index contributed by atoms with van der Waals surface area (Å²) in [5.41, 5.74) is 1.39. The summed E-state index contributed by atoms with van der Waals surface area (Å²) in [6, 6.07) is 13.1. The van der Waals surface area contributed by atoms with Crippen LogP contribution in [0.4, 0.5) is 10.1 Å². The fourth-order valence-corrected chi connectivity index (χ4v) is 2.74. The molecule has 0 bridgehead atoms. The van der Waals surface area contributed by atoms with E-state index < -0.39 is 11.6 Å². The Kier molecular flexibility index (Phi) is 3.96. The van der Waals surface area contributed by atoms with Gasteiger partial charge in [0.15, 0.2) is 17.4 Å². The van der Waals surface area contributed by atoms with E-state index in [-0.39, 0.29) is 29.8 Å². The molecule has 0 saturated carbocycles. The van der Waals surface area contributed by atoms with E-state index in [1.165, 1.54) is 18.3 Å². The normalized spacial score (nSPS) is 13.7. The maximum absolute atomic E-state index is 13.6. The zero-order chi connectivity index (χ0) is 18.1. The van der Waals surface area contributed by atoms with E-state index in [1.807, 2.05) is 30.3 Å². The number of hydrogen-bond donors (Lipinski definition) is 1. The summed E-state index contributed by atoms with van der Waals surface area (Å²) in [6.45, 7) is 0.649. The zero-order valence-electron chi connectivity index (χ0n) is 13.6. The lowest BCUT2D eigenvalue weighted by Crippen LogP contribution is -2.32. The van der Waals surface area contributed by atoms with E-state index in [1.54, 1.807) is 4.90 Å². The summed E-state index contributed by atoms with van der Waals surface area (Å²) in [5, 5.41) is 9.30. The molecular formula is C19H14FN3O3. The first-order valence-electron chi connectivity index (χ1n) is 7.99. The van der Waals surface area contributed by atoms with E-state index >= 15 is 0 Å². The Morgan fingerprint density at radius 1 is 1.15 bits per heavy atom. The van der Waals surface area contributed by atoms with Crippen molar-refractivity contribution in [3.63, 3.8) is 0 Å². The second-order valence-corrected chi connectivity index (χ2v) is 5.72. The average Bonchev–Trinajstić information content (AvgIpc) is 2.83. The van der Waals surface area contributed by atoms with Crippen molar-refractivity contribution in [2.24, 2.45) is 0 Å². The zero-order valence-corrected chi connectivity index (χ0v) is 13.6. The van der Waals surface area contributed by atoms with Crippen molar-refractivity contribution in [2.75, 3.05) is 18.1 Å². The van der Waals surface area contributed by atoms with Crippen LogP contribution in [-0.2, 0) is 0 Å². The number of ether oxygens (including phenoxy) is 1. The Labute approximate surface area is 148 Å². The van der Waals surface area contributed by atoms with E-state index in [2.05, 4.69) is 9.97 Å². The summed E-state index contributed by atoms with van der Waals surface area (Å²) >= 11 is 0. The summed E-state index contributed by atoms with van der Waals surface area (Å²) in [5.74, 6) is -1.11. The molecule has 7 heteroatoms. The van der Waals surface area contributed by atoms with Gasteiger partial charge >= 0.3 is 0 Å². The first-order valence-corrected chi connectivity index (χ1v) is 7.99. The van der Waals surface area contributed by atoms with Gasteiger partial charge in [-0.1, -0.05) is 18.2 Å². The maximum atomic E-state index is 13.6. The van der Waals surface area contributed by atoms with E-state index in [4.69, 9.17) is 4.74 Å². The van der Waals surface area contributed by atoms with Crippen molar-refractivity contribution >= 4 is 11.6 Å². The molecule has 130 valence electrons. The summed E-state index contributed by atoms with van der Waals surface area (Å²) in [6.07, 6.45) is 1.38. The van der Waals surface area contributed by atoms with E-state index in [0.717, 1.165) is 11.8 Å². The highest BCUT2D eigenvalue weighted by Crippen LogP contribution is 2.28.